The first-order chi connectivity index (χ1) is 11.3. The van der Waals surface area contributed by atoms with Crippen LogP contribution in [0.15, 0.2) is 36.4 Å². The van der Waals surface area contributed by atoms with E-state index in [1.54, 1.807) is 31.2 Å². The van der Waals surface area contributed by atoms with E-state index in [1.165, 1.54) is 10.6 Å². The number of alkyl halides is 4. The number of carbonyl (C=O) groups excluding carboxylic acids is 1. The first-order valence-corrected chi connectivity index (χ1v) is 8.06. The molecule has 0 fully saturated rings. The second-order valence-electron chi connectivity index (χ2n) is 5.14. The molecule has 3 aromatic rings. The Hall–Kier alpha value is -1.74. The highest BCUT2D eigenvalue weighted by Gasteiger charge is 2.33. The number of aromatic nitrogens is 3. The van der Waals surface area contributed by atoms with Gasteiger partial charge in [0.05, 0.1) is 5.33 Å². The van der Waals surface area contributed by atoms with Gasteiger partial charge >= 0.3 is 6.18 Å². The number of Topliss-reactive ketones (excluding diaryl/α,β-unsaturated/α-hetero) is 1. The number of hydrogen-bond acceptors (Lipinski definition) is 3. The summed E-state index contributed by atoms with van der Waals surface area (Å²) in [5, 5.41) is 0.204. The van der Waals surface area contributed by atoms with Gasteiger partial charge in [0.2, 0.25) is 0 Å². The lowest BCUT2D eigenvalue weighted by Gasteiger charge is -2.09. The molecule has 25 heavy (non-hydrogen) atoms. The molecule has 4 nitrogen and oxygen atoms in total. The normalized spacial score (nSPS) is 11.4. The second-order valence-corrected chi connectivity index (χ2v) is 5.70. The molecule has 2 heterocycles. The summed E-state index contributed by atoms with van der Waals surface area (Å²) in [4.78, 5) is 19.6. The standard InChI is InChI=1S/C16H11BrF3N3O.BrH/c1-9-21-12-6-7-14(16(18,19)20)22-15(12)23(9)11-4-2-10(3-5-11)13(24)8-17;/h2-7H,8H2,1H3;1H. The Balaban J connectivity index is 0.00000225. The van der Waals surface area contributed by atoms with Crippen LogP contribution in [-0.2, 0) is 6.18 Å². The number of halogens is 5. The highest BCUT2D eigenvalue weighted by Crippen LogP contribution is 2.30. The van der Waals surface area contributed by atoms with Gasteiger partial charge < -0.3 is 0 Å². The Morgan fingerprint density at radius 1 is 1.12 bits per heavy atom. The molecule has 1 aromatic carbocycles. The van der Waals surface area contributed by atoms with Gasteiger partial charge in [-0.05, 0) is 43.3 Å². The van der Waals surface area contributed by atoms with E-state index >= 15 is 0 Å². The van der Waals surface area contributed by atoms with Gasteiger partial charge in [-0.15, -0.1) is 17.0 Å². The number of ketones is 1. The van der Waals surface area contributed by atoms with Crippen LogP contribution >= 0.6 is 32.9 Å². The van der Waals surface area contributed by atoms with Gasteiger partial charge in [0.15, 0.2) is 11.4 Å². The lowest BCUT2D eigenvalue weighted by molar-refractivity contribution is -0.141. The van der Waals surface area contributed by atoms with E-state index in [-0.39, 0.29) is 33.7 Å². The van der Waals surface area contributed by atoms with E-state index in [1.807, 2.05) is 0 Å². The minimum Gasteiger partial charge on any atom is -0.293 e. The van der Waals surface area contributed by atoms with E-state index in [4.69, 9.17) is 0 Å². The lowest BCUT2D eigenvalue weighted by atomic mass is 10.1. The summed E-state index contributed by atoms with van der Waals surface area (Å²) in [6.07, 6.45) is -4.52. The predicted octanol–water partition coefficient (Wildman–Crippen LogP) is 4.90. The maximum absolute atomic E-state index is 12.9. The van der Waals surface area contributed by atoms with E-state index in [0.717, 1.165) is 6.07 Å². The van der Waals surface area contributed by atoms with Gasteiger partial charge in [-0.1, -0.05) is 15.9 Å². The summed E-state index contributed by atoms with van der Waals surface area (Å²) in [6.45, 7) is 1.69. The Bertz CT molecular complexity index is 921. The largest absolute Gasteiger partial charge is 0.433 e. The Labute approximate surface area is 160 Å². The Morgan fingerprint density at radius 3 is 2.32 bits per heavy atom. The average molecular weight is 479 g/mol. The monoisotopic (exact) mass is 477 g/mol. The van der Waals surface area contributed by atoms with E-state index in [2.05, 4.69) is 25.9 Å². The number of hydrogen-bond donors (Lipinski definition) is 0. The third kappa shape index (κ3) is 3.77. The van der Waals surface area contributed by atoms with Crippen molar-refractivity contribution in [1.82, 2.24) is 14.5 Å². The molecule has 2 aromatic heterocycles. The van der Waals surface area contributed by atoms with Crippen molar-refractivity contribution in [1.29, 1.82) is 0 Å². The van der Waals surface area contributed by atoms with Crippen LogP contribution in [0.5, 0.6) is 0 Å². The topological polar surface area (TPSA) is 47.8 Å². The van der Waals surface area contributed by atoms with Gasteiger partial charge in [-0.3, -0.25) is 9.36 Å². The van der Waals surface area contributed by atoms with Crippen molar-refractivity contribution in [2.24, 2.45) is 0 Å². The summed E-state index contributed by atoms with van der Waals surface area (Å²) in [5.74, 6) is 0.433. The quantitative estimate of drug-likeness (QED) is 0.397. The van der Waals surface area contributed by atoms with Crippen molar-refractivity contribution in [3.63, 3.8) is 0 Å². The maximum atomic E-state index is 12.9. The number of carbonyl (C=O) groups is 1. The third-order valence-electron chi connectivity index (χ3n) is 3.53. The molecule has 0 N–H and O–H groups in total. The summed E-state index contributed by atoms with van der Waals surface area (Å²) >= 11 is 3.10. The first kappa shape index (κ1) is 19.6. The van der Waals surface area contributed by atoms with Gasteiger partial charge in [0, 0.05) is 11.3 Å². The Morgan fingerprint density at radius 2 is 1.76 bits per heavy atom. The maximum Gasteiger partial charge on any atom is 0.433 e. The Kier molecular flexibility index (Phi) is 5.68. The fourth-order valence-electron chi connectivity index (χ4n) is 2.41. The van der Waals surface area contributed by atoms with E-state index in [9.17, 15) is 18.0 Å². The number of nitrogens with zero attached hydrogens (tertiary/aromatic N) is 3. The highest BCUT2D eigenvalue weighted by molar-refractivity contribution is 9.09. The summed E-state index contributed by atoms with van der Waals surface area (Å²) in [7, 11) is 0. The average Bonchev–Trinajstić information content (AvgIpc) is 2.88. The number of rotatable bonds is 3. The van der Waals surface area contributed by atoms with Gasteiger partial charge in [0.1, 0.15) is 17.0 Å². The van der Waals surface area contributed by atoms with Gasteiger partial charge in [-0.2, -0.15) is 13.2 Å². The highest BCUT2D eigenvalue weighted by atomic mass is 79.9. The molecule has 0 aliphatic rings. The van der Waals surface area contributed by atoms with E-state index in [0.29, 0.717) is 22.6 Å². The fourth-order valence-corrected chi connectivity index (χ4v) is 2.73. The molecule has 0 bridgehead atoms. The van der Waals surface area contributed by atoms with Crippen LogP contribution in [-0.4, -0.2) is 25.6 Å². The number of pyridine rings is 1. The van der Waals surface area contributed by atoms with Crippen LogP contribution in [0.1, 0.15) is 21.9 Å². The number of fused-ring (bicyclic) bond motifs is 1. The van der Waals surface area contributed by atoms with Crippen molar-refractivity contribution in [3.05, 3.63) is 53.5 Å². The molecule has 3 rings (SSSR count). The first-order valence-electron chi connectivity index (χ1n) is 6.94. The molecule has 0 unspecified atom stereocenters. The molecule has 0 amide bonds. The van der Waals surface area contributed by atoms with E-state index < -0.39 is 11.9 Å². The lowest BCUT2D eigenvalue weighted by Crippen LogP contribution is -2.09. The minimum absolute atomic E-state index is 0. The number of aryl methyl sites for hydroxylation is 1. The fraction of sp³-hybridized carbons (Fsp3) is 0.188. The number of imidazole rings is 1. The van der Waals surface area contributed by atoms with Crippen LogP contribution in [0.4, 0.5) is 13.2 Å². The molecule has 0 atom stereocenters. The minimum atomic E-state index is -4.52. The molecule has 0 aliphatic heterocycles. The summed E-state index contributed by atoms with van der Waals surface area (Å²) < 4.78 is 40.2. The van der Waals surface area contributed by atoms with Gasteiger partial charge in [0.25, 0.3) is 0 Å². The molecule has 0 aliphatic carbocycles. The molecular formula is C16H12Br2F3N3O. The molecule has 0 saturated heterocycles. The zero-order chi connectivity index (χ0) is 17.5. The van der Waals surface area contributed by atoms with Gasteiger partial charge in [-0.25, -0.2) is 9.97 Å². The zero-order valence-electron chi connectivity index (χ0n) is 12.8. The van der Waals surface area contributed by atoms with Crippen molar-refractivity contribution in [2.75, 3.05) is 5.33 Å². The molecule has 0 spiro atoms. The van der Waals surface area contributed by atoms with Crippen LogP contribution < -0.4 is 0 Å². The summed E-state index contributed by atoms with van der Waals surface area (Å²) in [6, 6.07) is 8.78. The van der Waals surface area contributed by atoms with Crippen LogP contribution in [0.25, 0.3) is 16.9 Å². The van der Waals surface area contributed by atoms with Crippen LogP contribution in [0.2, 0.25) is 0 Å². The van der Waals surface area contributed by atoms with Crippen molar-refractivity contribution in [2.45, 2.75) is 13.1 Å². The molecule has 0 saturated carbocycles. The molecule has 0 radical (unpaired) electrons. The number of benzene rings is 1. The van der Waals surface area contributed by atoms with Crippen molar-refractivity contribution >= 4 is 49.9 Å². The molecule has 132 valence electrons. The third-order valence-corrected chi connectivity index (χ3v) is 4.04. The zero-order valence-corrected chi connectivity index (χ0v) is 16.1. The smallest absolute Gasteiger partial charge is 0.293 e. The van der Waals surface area contributed by atoms with Crippen LogP contribution in [0, 0.1) is 6.92 Å². The second kappa shape index (κ2) is 7.25. The SMILES string of the molecule is Br.Cc1nc2ccc(C(F)(F)F)nc2n1-c1ccc(C(=O)CBr)cc1. The van der Waals surface area contributed by atoms with Crippen molar-refractivity contribution in [3.8, 4) is 5.69 Å². The molecule has 9 heteroatoms. The van der Waals surface area contributed by atoms with Crippen molar-refractivity contribution < 1.29 is 18.0 Å². The predicted molar refractivity (Wildman–Crippen MR) is 97.1 cm³/mol. The van der Waals surface area contributed by atoms with Crippen LogP contribution in [0.3, 0.4) is 0 Å². The summed E-state index contributed by atoms with van der Waals surface area (Å²) in [5.41, 5.74) is 0.639. The molecular weight excluding hydrogens is 467 g/mol.